The van der Waals surface area contributed by atoms with Crippen molar-refractivity contribution in [2.75, 3.05) is 0 Å². The SMILES string of the molecule is O=[N+]([O-])c1ccc2c(c1)C(=Nc1cc(C(F)(F)F)cc(C(F)(F)F)c1)c1cc([N+](=O)[O-])cc([N+](=O)[O-])c1-2. The summed E-state index contributed by atoms with van der Waals surface area (Å²) >= 11 is 0. The second kappa shape index (κ2) is 8.35. The molecule has 3 aromatic carbocycles. The maximum absolute atomic E-state index is 13.3. The standard InChI is InChI=1S/C21H8F6N4O6/c22-20(23,24)9-3-10(21(25,26)27)5-11(4-9)28-19-15-6-12(29(32)33)1-2-14(15)18-16(19)7-13(30(34)35)8-17(18)31(36)37/h1-8H. The van der Waals surface area contributed by atoms with Crippen LogP contribution in [-0.4, -0.2) is 20.5 Å². The van der Waals surface area contributed by atoms with E-state index < -0.39 is 66.7 Å². The molecular weight excluding hydrogens is 518 g/mol. The fraction of sp³-hybridized carbons (Fsp3) is 0.0952. The molecule has 1 aliphatic rings. The van der Waals surface area contributed by atoms with Crippen LogP contribution >= 0.6 is 0 Å². The summed E-state index contributed by atoms with van der Waals surface area (Å²) in [6, 6.07) is 4.72. The van der Waals surface area contributed by atoms with E-state index in [0.29, 0.717) is 6.07 Å². The van der Waals surface area contributed by atoms with Gasteiger partial charge in [0, 0.05) is 29.3 Å². The van der Waals surface area contributed by atoms with Crippen molar-refractivity contribution in [1.29, 1.82) is 0 Å². The molecule has 1 aliphatic carbocycles. The predicted octanol–water partition coefficient (Wildman–Crippen LogP) is 6.60. The molecule has 0 bridgehead atoms. The predicted molar refractivity (Wildman–Crippen MR) is 114 cm³/mol. The highest BCUT2D eigenvalue weighted by molar-refractivity contribution is 6.27. The Morgan fingerprint density at radius 2 is 1.16 bits per heavy atom. The van der Waals surface area contributed by atoms with E-state index in [4.69, 9.17) is 0 Å². The Hall–Kier alpha value is -4.89. The largest absolute Gasteiger partial charge is 0.416 e. The highest BCUT2D eigenvalue weighted by Crippen LogP contribution is 2.47. The van der Waals surface area contributed by atoms with Crippen molar-refractivity contribution < 1.29 is 41.1 Å². The van der Waals surface area contributed by atoms with E-state index in [0.717, 1.165) is 24.3 Å². The number of hydrogen-bond acceptors (Lipinski definition) is 7. The monoisotopic (exact) mass is 526 g/mol. The minimum Gasteiger partial charge on any atom is -0.258 e. The zero-order valence-electron chi connectivity index (χ0n) is 17.6. The first-order valence-corrected chi connectivity index (χ1v) is 9.72. The molecule has 4 rings (SSSR count). The highest BCUT2D eigenvalue weighted by atomic mass is 19.4. The maximum Gasteiger partial charge on any atom is 0.416 e. The van der Waals surface area contributed by atoms with E-state index in [1.54, 1.807) is 0 Å². The third-order valence-electron chi connectivity index (χ3n) is 5.32. The molecule has 0 heterocycles. The average molecular weight is 526 g/mol. The summed E-state index contributed by atoms with van der Waals surface area (Å²) in [5.74, 6) is 0. The van der Waals surface area contributed by atoms with Crippen molar-refractivity contribution in [3.05, 3.63) is 101 Å². The van der Waals surface area contributed by atoms with E-state index in [1.165, 1.54) is 0 Å². The smallest absolute Gasteiger partial charge is 0.258 e. The molecule has 10 nitrogen and oxygen atoms in total. The molecule has 0 aromatic heterocycles. The molecule has 0 fully saturated rings. The summed E-state index contributed by atoms with van der Waals surface area (Å²) in [5.41, 5.74) is -8.02. The third kappa shape index (κ3) is 4.55. The molecule has 0 atom stereocenters. The van der Waals surface area contributed by atoms with Crippen molar-refractivity contribution >= 4 is 28.5 Å². The molecule has 0 aliphatic heterocycles. The minimum absolute atomic E-state index is 0.0797. The number of non-ortho nitro benzene ring substituents is 2. The lowest BCUT2D eigenvalue weighted by Gasteiger charge is -2.13. The van der Waals surface area contributed by atoms with Crippen LogP contribution in [0, 0.1) is 30.3 Å². The van der Waals surface area contributed by atoms with Crippen LogP contribution in [0.1, 0.15) is 22.3 Å². The number of hydrogen-bond donors (Lipinski definition) is 0. The van der Waals surface area contributed by atoms with Crippen molar-refractivity contribution in [2.24, 2.45) is 4.99 Å². The fourth-order valence-corrected chi connectivity index (χ4v) is 3.79. The first kappa shape index (κ1) is 25.2. The van der Waals surface area contributed by atoms with Gasteiger partial charge in [-0.05, 0) is 29.8 Å². The van der Waals surface area contributed by atoms with E-state index >= 15 is 0 Å². The first-order chi connectivity index (χ1) is 17.1. The Kier molecular flexibility index (Phi) is 5.69. The summed E-state index contributed by atoms with van der Waals surface area (Å²) in [4.78, 5) is 35.3. The number of fused-ring (bicyclic) bond motifs is 3. The lowest BCUT2D eigenvalue weighted by Crippen LogP contribution is -2.10. The maximum atomic E-state index is 13.3. The van der Waals surface area contributed by atoms with Crippen LogP contribution < -0.4 is 0 Å². The number of alkyl halides is 6. The molecule has 0 N–H and O–H groups in total. The fourth-order valence-electron chi connectivity index (χ4n) is 3.79. The molecule has 3 aromatic rings. The molecule has 0 unspecified atom stereocenters. The second-order valence-corrected chi connectivity index (χ2v) is 7.61. The van der Waals surface area contributed by atoms with Gasteiger partial charge in [0.1, 0.15) is 0 Å². The van der Waals surface area contributed by atoms with Crippen LogP contribution in [0.4, 0.5) is 49.1 Å². The summed E-state index contributed by atoms with van der Waals surface area (Å²) in [5, 5.41) is 34.3. The van der Waals surface area contributed by atoms with Gasteiger partial charge in [0.15, 0.2) is 0 Å². The Morgan fingerprint density at radius 3 is 1.65 bits per heavy atom. The summed E-state index contributed by atoms with van der Waals surface area (Å²) < 4.78 is 79.9. The van der Waals surface area contributed by atoms with Crippen molar-refractivity contribution in [3.8, 4) is 11.1 Å². The number of benzene rings is 3. The number of nitro benzene ring substituents is 3. The Bertz CT molecular complexity index is 1520. The van der Waals surface area contributed by atoms with Crippen LogP contribution in [0.5, 0.6) is 0 Å². The lowest BCUT2D eigenvalue weighted by atomic mass is 10.0. The van der Waals surface area contributed by atoms with Gasteiger partial charge in [-0.2, -0.15) is 26.3 Å². The van der Waals surface area contributed by atoms with E-state index in [9.17, 15) is 56.7 Å². The Morgan fingerprint density at radius 1 is 0.622 bits per heavy atom. The molecular formula is C21H8F6N4O6. The van der Waals surface area contributed by atoms with Crippen LogP contribution in [0.3, 0.4) is 0 Å². The molecule has 37 heavy (non-hydrogen) atoms. The number of nitro groups is 3. The van der Waals surface area contributed by atoms with Gasteiger partial charge in [-0.3, -0.25) is 30.3 Å². The van der Waals surface area contributed by atoms with E-state index in [-0.39, 0.29) is 40.5 Å². The number of nitrogens with zero attached hydrogens (tertiary/aromatic N) is 4. The average Bonchev–Trinajstić information content (AvgIpc) is 3.09. The van der Waals surface area contributed by atoms with Crippen molar-refractivity contribution in [2.45, 2.75) is 12.4 Å². The van der Waals surface area contributed by atoms with Crippen LogP contribution in [0.15, 0.2) is 53.5 Å². The number of rotatable bonds is 4. The van der Waals surface area contributed by atoms with Gasteiger partial charge < -0.3 is 0 Å². The third-order valence-corrected chi connectivity index (χ3v) is 5.32. The zero-order chi connectivity index (χ0) is 27.4. The second-order valence-electron chi connectivity index (χ2n) is 7.61. The molecule has 0 spiro atoms. The molecule has 0 saturated heterocycles. The molecule has 16 heteroatoms. The van der Waals surface area contributed by atoms with Gasteiger partial charge in [0.25, 0.3) is 17.1 Å². The molecule has 0 amide bonds. The summed E-state index contributed by atoms with van der Waals surface area (Å²) in [6.07, 6.45) is -10.4. The van der Waals surface area contributed by atoms with Crippen LogP contribution in [0.25, 0.3) is 11.1 Å². The van der Waals surface area contributed by atoms with Crippen LogP contribution in [-0.2, 0) is 12.4 Å². The zero-order valence-corrected chi connectivity index (χ0v) is 17.6. The number of halogens is 6. The van der Waals surface area contributed by atoms with Gasteiger partial charge in [0.2, 0.25) is 0 Å². The normalized spacial score (nSPS) is 13.8. The van der Waals surface area contributed by atoms with E-state index in [1.807, 2.05) is 0 Å². The van der Waals surface area contributed by atoms with Gasteiger partial charge >= 0.3 is 12.4 Å². The highest BCUT2D eigenvalue weighted by Gasteiger charge is 2.39. The summed E-state index contributed by atoms with van der Waals surface area (Å²) in [6.45, 7) is 0. The van der Waals surface area contributed by atoms with Gasteiger partial charge in [-0.1, -0.05) is 0 Å². The van der Waals surface area contributed by atoms with E-state index in [2.05, 4.69) is 4.99 Å². The topological polar surface area (TPSA) is 142 Å². The van der Waals surface area contributed by atoms with Crippen LogP contribution in [0.2, 0.25) is 0 Å². The van der Waals surface area contributed by atoms with Gasteiger partial charge in [-0.25, -0.2) is 4.99 Å². The Balaban J connectivity index is 2.10. The van der Waals surface area contributed by atoms with Crippen molar-refractivity contribution in [1.82, 2.24) is 0 Å². The summed E-state index contributed by atoms with van der Waals surface area (Å²) in [7, 11) is 0. The lowest BCUT2D eigenvalue weighted by molar-refractivity contribution is -0.393. The van der Waals surface area contributed by atoms with Gasteiger partial charge in [-0.15, -0.1) is 0 Å². The molecule has 0 saturated carbocycles. The first-order valence-electron chi connectivity index (χ1n) is 9.72. The van der Waals surface area contributed by atoms with Crippen molar-refractivity contribution in [3.63, 3.8) is 0 Å². The quantitative estimate of drug-likeness (QED) is 0.167. The Labute approximate surface area is 199 Å². The van der Waals surface area contributed by atoms with Gasteiger partial charge in [0.05, 0.1) is 48.9 Å². The molecule has 190 valence electrons. The minimum atomic E-state index is -5.21. The molecule has 0 radical (unpaired) electrons. The number of aliphatic imine (C=N–C) groups is 1.